The van der Waals surface area contributed by atoms with Gasteiger partial charge in [-0.15, -0.1) is 0 Å². The molecular formula is C19H25N3O3S. The third kappa shape index (κ3) is 3.75. The maximum absolute atomic E-state index is 12.6. The first-order chi connectivity index (χ1) is 12.8. The lowest BCUT2D eigenvalue weighted by Gasteiger charge is -2.43. The summed E-state index contributed by atoms with van der Waals surface area (Å²) in [5.74, 6) is 2.10. The summed E-state index contributed by atoms with van der Waals surface area (Å²) in [5, 5.41) is 7.17. The van der Waals surface area contributed by atoms with E-state index in [0.29, 0.717) is 18.7 Å². The molecule has 4 rings (SSSR count). The summed E-state index contributed by atoms with van der Waals surface area (Å²) in [4.78, 5) is 20.6. The fourth-order valence-corrected chi connectivity index (χ4v) is 5.32. The Kier molecular flexibility index (Phi) is 5.47. The van der Waals surface area contributed by atoms with E-state index in [-0.39, 0.29) is 17.6 Å². The molecule has 1 aromatic carbocycles. The zero-order chi connectivity index (χ0) is 17.8. The lowest BCUT2D eigenvalue weighted by Crippen LogP contribution is -2.59. The van der Waals surface area contributed by atoms with Gasteiger partial charge in [0.2, 0.25) is 0 Å². The Morgan fingerprint density at radius 1 is 1.31 bits per heavy atom. The van der Waals surface area contributed by atoms with Crippen molar-refractivity contribution in [2.24, 2.45) is 5.16 Å². The van der Waals surface area contributed by atoms with Gasteiger partial charge in [-0.2, -0.15) is 11.8 Å². The van der Waals surface area contributed by atoms with Crippen molar-refractivity contribution in [1.82, 2.24) is 10.2 Å². The molecule has 1 N–H and O–H groups in total. The van der Waals surface area contributed by atoms with Crippen LogP contribution in [0.1, 0.15) is 24.5 Å². The molecule has 3 aliphatic heterocycles. The van der Waals surface area contributed by atoms with Crippen molar-refractivity contribution in [3.63, 3.8) is 0 Å². The van der Waals surface area contributed by atoms with Gasteiger partial charge >= 0.3 is 0 Å². The Labute approximate surface area is 158 Å². The van der Waals surface area contributed by atoms with Crippen LogP contribution in [0.15, 0.2) is 35.5 Å². The first kappa shape index (κ1) is 17.8. The molecule has 3 heterocycles. The SMILES string of the molecule is O=C(NC[C@@]1(N2CCOCC2)CCSC1)C1=NO[C@@H](c2ccccc2)C1. The predicted octanol–water partition coefficient (Wildman–Crippen LogP) is 1.83. The first-order valence-corrected chi connectivity index (χ1v) is 10.4. The molecule has 0 aliphatic carbocycles. The van der Waals surface area contributed by atoms with Crippen LogP contribution in [0, 0.1) is 0 Å². The summed E-state index contributed by atoms with van der Waals surface area (Å²) in [6.45, 7) is 4.10. The van der Waals surface area contributed by atoms with E-state index < -0.39 is 0 Å². The largest absolute Gasteiger partial charge is 0.387 e. The van der Waals surface area contributed by atoms with Crippen LogP contribution in [0.5, 0.6) is 0 Å². The van der Waals surface area contributed by atoms with Crippen LogP contribution >= 0.6 is 11.8 Å². The van der Waals surface area contributed by atoms with E-state index >= 15 is 0 Å². The molecule has 0 radical (unpaired) electrons. The topological polar surface area (TPSA) is 63.2 Å². The number of nitrogens with one attached hydrogen (secondary N) is 1. The molecule has 0 unspecified atom stereocenters. The van der Waals surface area contributed by atoms with Gasteiger partial charge in [0, 0.05) is 37.3 Å². The smallest absolute Gasteiger partial charge is 0.269 e. The quantitative estimate of drug-likeness (QED) is 0.851. The predicted molar refractivity (Wildman–Crippen MR) is 102 cm³/mol. The average molecular weight is 375 g/mol. The van der Waals surface area contributed by atoms with Gasteiger partial charge in [-0.3, -0.25) is 9.69 Å². The number of nitrogens with zero attached hydrogens (tertiary/aromatic N) is 2. The van der Waals surface area contributed by atoms with E-state index in [2.05, 4.69) is 15.4 Å². The minimum absolute atomic E-state index is 0.0446. The number of rotatable bonds is 5. The summed E-state index contributed by atoms with van der Waals surface area (Å²) < 4.78 is 5.49. The number of hydrogen-bond acceptors (Lipinski definition) is 6. The van der Waals surface area contributed by atoms with Crippen LogP contribution in [-0.4, -0.2) is 66.4 Å². The fourth-order valence-electron chi connectivity index (χ4n) is 3.84. The molecule has 1 amide bonds. The second-order valence-corrected chi connectivity index (χ2v) is 8.16. The molecule has 26 heavy (non-hydrogen) atoms. The maximum Gasteiger partial charge on any atom is 0.269 e. The molecule has 2 saturated heterocycles. The monoisotopic (exact) mass is 375 g/mol. The van der Waals surface area contributed by atoms with Gasteiger partial charge in [-0.25, -0.2) is 0 Å². The van der Waals surface area contributed by atoms with Crippen molar-refractivity contribution in [1.29, 1.82) is 0 Å². The van der Waals surface area contributed by atoms with E-state index in [1.807, 2.05) is 42.1 Å². The Hall–Kier alpha value is -1.57. The number of hydrogen-bond donors (Lipinski definition) is 1. The Balaban J connectivity index is 1.34. The normalized spacial score (nSPS) is 29.2. The standard InChI is InChI=1S/C19H25N3O3S/c23-18(16-12-17(25-21-16)15-4-2-1-3-5-15)20-13-19(6-11-26-14-19)22-7-9-24-10-8-22/h1-5,17H,6-14H2,(H,20,23)/t17-,19+/m1/s1. The van der Waals surface area contributed by atoms with E-state index in [1.165, 1.54) is 0 Å². The van der Waals surface area contributed by atoms with Crippen LogP contribution in [0.3, 0.4) is 0 Å². The molecule has 140 valence electrons. The minimum atomic E-state index is -0.160. The van der Waals surface area contributed by atoms with Crippen LogP contribution in [-0.2, 0) is 14.4 Å². The van der Waals surface area contributed by atoms with Crippen molar-refractivity contribution in [2.75, 3.05) is 44.4 Å². The summed E-state index contributed by atoms with van der Waals surface area (Å²) >= 11 is 1.97. The Bertz CT molecular complexity index is 655. The van der Waals surface area contributed by atoms with Gasteiger partial charge in [0.1, 0.15) is 5.71 Å². The van der Waals surface area contributed by atoms with Crippen molar-refractivity contribution >= 4 is 23.4 Å². The number of oxime groups is 1. The van der Waals surface area contributed by atoms with Gasteiger partial charge in [-0.1, -0.05) is 35.5 Å². The van der Waals surface area contributed by atoms with Crippen LogP contribution in [0.2, 0.25) is 0 Å². The molecule has 0 spiro atoms. The number of carbonyl (C=O) groups is 1. The highest BCUT2D eigenvalue weighted by Crippen LogP contribution is 2.34. The zero-order valence-electron chi connectivity index (χ0n) is 14.9. The lowest BCUT2D eigenvalue weighted by atomic mass is 9.95. The second kappa shape index (κ2) is 7.98. The zero-order valence-corrected chi connectivity index (χ0v) is 15.7. The number of thioether (sulfide) groups is 1. The minimum Gasteiger partial charge on any atom is -0.387 e. The van der Waals surface area contributed by atoms with E-state index in [9.17, 15) is 4.79 Å². The first-order valence-electron chi connectivity index (χ1n) is 9.23. The maximum atomic E-state index is 12.6. The molecule has 0 bridgehead atoms. The number of amides is 1. The van der Waals surface area contributed by atoms with Crippen LogP contribution in [0.4, 0.5) is 0 Å². The molecule has 2 atom stereocenters. The van der Waals surface area contributed by atoms with E-state index in [1.54, 1.807) is 0 Å². The number of morpholine rings is 1. The summed E-state index contributed by atoms with van der Waals surface area (Å²) in [6.07, 6.45) is 1.47. The highest BCUT2D eigenvalue weighted by Gasteiger charge is 2.41. The molecule has 1 aromatic rings. The molecule has 2 fully saturated rings. The molecule has 3 aliphatic rings. The van der Waals surface area contributed by atoms with Crippen LogP contribution in [0.25, 0.3) is 0 Å². The van der Waals surface area contributed by atoms with Gasteiger partial charge in [0.25, 0.3) is 5.91 Å². The van der Waals surface area contributed by atoms with Crippen LogP contribution < -0.4 is 5.32 Å². The second-order valence-electron chi connectivity index (χ2n) is 7.06. The van der Waals surface area contributed by atoms with Gasteiger partial charge < -0.3 is 14.9 Å². The number of carbonyl (C=O) groups excluding carboxylic acids is 1. The third-order valence-electron chi connectivity index (χ3n) is 5.44. The summed E-state index contributed by atoms with van der Waals surface area (Å²) in [6, 6.07) is 9.92. The van der Waals surface area contributed by atoms with E-state index in [0.717, 1.165) is 49.8 Å². The number of benzene rings is 1. The van der Waals surface area contributed by atoms with Crippen molar-refractivity contribution < 1.29 is 14.4 Å². The highest BCUT2D eigenvalue weighted by molar-refractivity contribution is 7.99. The van der Waals surface area contributed by atoms with Crippen molar-refractivity contribution in [2.45, 2.75) is 24.5 Å². The Morgan fingerprint density at radius 3 is 2.85 bits per heavy atom. The third-order valence-corrected chi connectivity index (χ3v) is 6.68. The highest BCUT2D eigenvalue weighted by atomic mass is 32.2. The average Bonchev–Trinajstić information content (AvgIpc) is 3.38. The lowest BCUT2D eigenvalue weighted by molar-refractivity contribution is -0.115. The molecule has 0 saturated carbocycles. The molecule has 7 heteroatoms. The molecule has 0 aromatic heterocycles. The van der Waals surface area contributed by atoms with Gasteiger partial charge in [0.05, 0.1) is 13.2 Å². The van der Waals surface area contributed by atoms with E-state index in [4.69, 9.17) is 9.57 Å². The fraction of sp³-hybridized carbons (Fsp3) is 0.579. The summed E-state index contributed by atoms with van der Waals surface area (Å²) in [7, 11) is 0. The molecular weight excluding hydrogens is 350 g/mol. The van der Waals surface area contributed by atoms with Gasteiger partial charge in [-0.05, 0) is 17.7 Å². The Morgan fingerprint density at radius 2 is 2.12 bits per heavy atom. The van der Waals surface area contributed by atoms with Crippen molar-refractivity contribution in [3.8, 4) is 0 Å². The number of ether oxygens (including phenoxy) is 1. The molecule has 6 nitrogen and oxygen atoms in total. The van der Waals surface area contributed by atoms with Crippen molar-refractivity contribution in [3.05, 3.63) is 35.9 Å². The van der Waals surface area contributed by atoms with Gasteiger partial charge in [0.15, 0.2) is 6.10 Å². The summed E-state index contributed by atoms with van der Waals surface area (Å²) in [5.41, 5.74) is 1.58.